The van der Waals surface area contributed by atoms with Crippen LogP contribution in [-0.2, 0) is 19.6 Å². The number of anilines is 1. The molecule has 0 fully saturated rings. The Hall–Kier alpha value is -1.74. The van der Waals surface area contributed by atoms with E-state index in [1.165, 1.54) is 0 Å². The number of methoxy groups -OCH3 is 1. The maximum atomic E-state index is 13.8. The molecule has 0 aliphatic heterocycles. The summed E-state index contributed by atoms with van der Waals surface area (Å²) in [5.41, 5.74) is 5.01. The van der Waals surface area contributed by atoms with Gasteiger partial charge in [-0.2, -0.15) is 4.31 Å². The van der Waals surface area contributed by atoms with Gasteiger partial charge in [0, 0.05) is 12.2 Å². The van der Waals surface area contributed by atoms with Crippen molar-refractivity contribution in [3.63, 3.8) is 0 Å². The van der Waals surface area contributed by atoms with Gasteiger partial charge < -0.3 is 10.5 Å². The second-order valence-electron chi connectivity index (χ2n) is 4.23. The van der Waals surface area contributed by atoms with Crippen molar-refractivity contribution in [1.82, 2.24) is 4.31 Å². The van der Waals surface area contributed by atoms with Gasteiger partial charge in [0.2, 0.25) is 10.0 Å². The van der Waals surface area contributed by atoms with Crippen LogP contribution in [0.15, 0.2) is 17.0 Å². The smallest absolute Gasteiger partial charge is 0.321 e. The fourth-order valence-electron chi connectivity index (χ4n) is 1.70. The highest BCUT2D eigenvalue weighted by atomic mass is 32.2. The van der Waals surface area contributed by atoms with E-state index in [9.17, 15) is 22.0 Å². The van der Waals surface area contributed by atoms with Crippen molar-refractivity contribution in [2.45, 2.75) is 18.2 Å². The summed E-state index contributed by atoms with van der Waals surface area (Å²) in [6.45, 7) is 0.951. The van der Waals surface area contributed by atoms with Crippen molar-refractivity contribution in [1.29, 1.82) is 0 Å². The van der Waals surface area contributed by atoms with Crippen LogP contribution in [0.25, 0.3) is 0 Å². The maximum absolute atomic E-state index is 13.8. The Kier molecular flexibility index (Phi) is 5.62. The van der Waals surface area contributed by atoms with E-state index in [1.807, 2.05) is 0 Å². The number of rotatable bonds is 6. The number of carbonyl (C=O) groups excluding carboxylic acids is 1. The van der Waals surface area contributed by atoms with Crippen molar-refractivity contribution >= 4 is 21.7 Å². The van der Waals surface area contributed by atoms with Crippen LogP contribution in [0.1, 0.15) is 13.3 Å². The van der Waals surface area contributed by atoms with Gasteiger partial charge in [-0.25, -0.2) is 17.2 Å². The molecule has 0 spiro atoms. The van der Waals surface area contributed by atoms with Gasteiger partial charge in [0.05, 0.1) is 7.11 Å². The summed E-state index contributed by atoms with van der Waals surface area (Å²) in [6.07, 6.45) is 0.356. The van der Waals surface area contributed by atoms with Gasteiger partial charge in [0.1, 0.15) is 18.2 Å². The topological polar surface area (TPSA) is 89.7 Å². The van der Waals surface area contributed by atoms with E-state index in [0.717, 1.165) is 7.11 Å². The molecule has 0 saturated carbocycles. The maximum Gasteiger partial charge on any atom is 0.321 e. The van der Waals surface area contributed by atoms with E-state index in [4.69, 9.17) is 5.73 Å². The van der Waals surface area contributed by atoms with Crippen LogP contribution in [0.4, 0.5) is 14.5 Å². The first-order valence-corrected chi connectivity index (χ1v) is 7.49. The molecular formula is C12H16F2N2O4S. The number of sulfonamides is 1. The summed E-state index contributed by atoms with van der Waals surface area (Å²) in [4.78, 5) is 10.1. The molecule has 0 aliphatic rings. The predicted octanol–water partition coefficient (Wildman–Crippen LogP) is 1.12. The Labute approximate surface area is 121 Å². The lowest BCUT2D eigenvalue weighted by Crippen LogP contribution is -2.37. The molecule has 6 nitrogen and oxygen atoms in total. The van der Waals surface area contributed by atoms with Gasteiger partial charge in [-0.3, -0.25) is 4.79 Å². The summed E-state index contributed by atoms with van der Waals surface area (Å²) in [5.74, 6) is -3.44. The highest BCUT2D eigenvalue weighted by molar-refractivity contribution is 7.89. The quantitative estimate of drug-likeness (QED) is 0.626. The molecule has 0 unspecified atom stereocenters. The number of hydrogen-bond acceptors (Lipinski definition) is 5. The number of nitrogens with zero attached hydrogens (tertiary/aromatic N) is 1. The number of ether oxygens (including phenoxy) is 1. The van der Waals surface area contributed by atoms with E-state index >= 15 is 0 Å². The molecule has 1 aromatic carbocycles. The van der Waals surface area contributed by atoms with Gasteiger partial charge >= 0.3 is 5.97 Å². The lowest BCUT2D eigenvalue weighted by Gasteiger charge is -2.21. The third-order valence-corrected chi connectivity index (χ3v) is 4.52. The Morgan fingerprint density at radius 2 is 1.86 bits per heavy atom. The second-order valence-corrected chi connectivity index (χ2v) is 6.10. The minimum absolute atomic E-state index is 0.0826. The molecule has 0 heterocycles. The van der Waals surface area contributed by atoms with Crippen LogP contribution in [-0.4, -0.2) is 38.9 Å². The largest absolute Gasteiger partial charge is 0.468 e. The summed E-state index contributed by atoms with van der Waals surface area (Å²) in [6, 6.07) is 1.41. The number of carbonyl (C=O) groups is 1. The van der Waals surface area contributed by atoms with E-state index < -0.39 is 39.1 Å². The van der Waals surface area contributed by atoms with E-state index in [1.54, 1.807) is 6.92 Å². The molecule has 9 heteroatoms. The molecule has 0 bridgehead atoms. The minimum atomic E-state index is -4.52. The molecule has 0 atom stereocenters. The average molecular weight is 322 g/mol. The molecule has 0 aliphatic carbocycles. The molecule has 118 valence electrons. The van der Waals surface area contributed by atoms with E-state index in [2.05, 4.69) is 4.74 Å². The molecule has 1 rings (SSSR count). The lowest BCUT2D eigenvalue weighted by atomic mass is 10.3. The van der Waals surface area contributed by atoms with Gasteiger partial charge in [0.25, 0.3) is 0 Å². The molecule has 0 amide bonds. The fraction of sp³-hybridized carbons (Fsp3) is 0.417. The molecule has 21 heavy (non-hydrogen) atoms. The first kappa shape index (κ1) is 17.3. The zero-order valence-corrected chi connectivity index (χ0v) is 12.4. The van der Waals surface area contributed by atoms with Crippen molar-refractivity contribution in [2.75, 3.05) is 25.9 Å². The molecular weight excluding hydrogens is 306 g/mol. The van der Waals surface area contributed by atoms with Gasteiger partial charge in [-0.1, -0.05) is 6.92 Å². The third kappa shape index (κ3) is 3.88. The SMILES string of the molecule is CCCN(CC(=O)OC)S(=O)(=O)c1c(F)cc(N)cc1F. The number of nitrogen functional groups attached to an aromatic ring is 1. The summed E-state index contributed by atoms with van der Waals surface area (Å²) < 4.78 is 57.3. The second kappa shape index (κ2) is 6.81. The average Bonchev–Trinajstić information content (AvgIpc) is 2.36. The van der Waals surface area contributed by atoms with Crippen LogP contribution in [0.3, 0.4) is 0 Å². The molecule has 0 aromatic heterocycles. The Morgan fingerprint density at radius 1 is 1.33 bits per heavy atom. The highest BCUT2D eigenvalue weighted by Gasteiger charge is 2.32. The fourth-order valence-corrected chi connectivity index (χ4v) is 3.26. The van der Waals surface area contributed by atoms with Crippen LogP contribution in [0.5, 0.6) is 0 Å². The van der Waals surface area contributed by atoms with Crippen LogP contribution in [0.2, 0.25) is 0 Å². The van der Waals surface area contributed by atoms with Gasteiger partial charge in [0.15, 0.2) is 4.90 Å². The Bertz CT molecular complexity index is 611. The number of benzene rings is 1. The zero-order chi connectivity index (χ0) is 16.2. The molecule has 2 N–H and O–H groups in total. The van der Waals surface area contributed by atoms with Crippen LogP contribution in [0, 0.1) is 11.6 Å². The normalized spacial score (nSPS) is 11.7. The number of nitrogens with two attached hydrogens (primary N) is 1. The first-order chi connectivity index (χ1) is 9.73. The van der Waals surface area contributed by atoms with E-state index in [-0.39, 0.29) is 12.2 Å². The summed E-state index contributed by atoms with van der Waals surface area (Å²) in [7, 11) is -3.43. The molecule has 1 aromatic rings. The zero-order valence-electron chi connectivity index (χ0n) is 11.6. The molecule has 0 saturated heterocycles. The third-order valence-electron chi connectivity index (χ3n) is 2.62. The lowest BCUT2D eigenvalue weighted by molar-refractivity contribution is -0.140. The van der Waals surface area contributed by atoms with Crippen molar-refractivity contribution in [3.05, 3.63) is 23.8 Å². The monoisotopic (exact) mass is 322 g/mol. The number of halogens is 2. The van der Waals surface area contributed by atoms with Crippen molar-refractivity contribution < 1.29 is 26.7 Å². The van der Waals surface area contributed by atoms with E-state index in [0.29, 0.717) is 22.9 Å². The predicted molar refractivity (Wildman–Crippen MR) is 71.8 cm³/mol. The van der Waals surface area contributed by atoms with Gasteiger partial charge in [-0.05, 0) is 18.6 Å². The Balaban J connectivity index is 3.32. The van der Waals surface area contributed by atoms with Crippen molar-refractivity contribution in [2.24, 2.45) is 0 Å². The number of esters is 1. The minimum Gasteiger partial charge on any atom is -0.468 e. The Morgan fingerprint density at radius 3 is 2.29 bits per heavy atom. The summed E-state index contributed by atoms with van der Waals surface area (Å²) >= 11 is 0. The molecule has 0 radical (unpaired) electrons. The summed E-state index contributed by atoms with van der Waals surface area (Å²) in [5, 5.41) is 0. The standard InChI is InChI=1S/C12H16F2N2O4S/c1-3-4-16(7-11(17)20-2)21(18,19)12-9(13)5-8(15)6-10(12)14/h5-6H,3-4,7,15H2,1-2H3. The first-order valence-electron chi connectivity index (χ1n) is 6.05. The highest BCUT2D eigenvalue weighted by Crippen LogP contribution is 2.25. The van der Waals surface area contributed by atoms with Crippen LogP contribution >= 0.6 is 0 Å². The van der Waals surface area contributed by atoms with Gasteiger partial charge in [-0.15, -0.1) is 0 Å². The number of hydrogen-bond donors (Lipinski definition) is 1. The van der Waals surface area contributed by atoms with Crippen molar-refractivity contribution in [3.8, 4) is 0 Å². The van der Waals surface area contributed by atoms with Crippen LogP contribution < -0.4 is 5.73 Å².